The molecular weight excluding hydrogens is 280 g/mol. The molecule has 0 aliphatic heterocycles. The molecule has 1 aromatic carbocycles. The number of methoxy groups -OCH3 is 1. The molecule has 7 heteroatoms. The molecule has 20 heavy (non-hydrogen) atoms. The van der Waals surface area contributed by atoms with Crippen molar-refractivity contribution in [2.75, 3.05) is 7.11 Å². The van der Waals surface area contributed by atoms with Crippen molar-refractivity contribution in [2.24, 2.45) is 5.92 Å². The molecule has 6 nitrogen and oxygen atoms in total. The molecule has 0 heterocycles. The van der Waals surface area contributed by atoms with E-state index in [0.717, 1.165) is 0 Å². The molecule has 0 saturated heterocycles. The zero-order valence-electron chi connectivity index (χ0n) is 11.5. The molecule has 0 amide bonds. The van der Waals surface area contributed by atoms with Gasteiger partial charge in [0.15, 0.2) is 0 Å². The number of esters is 1. The lowest BCUT2D eigenvalue weighted by molar-refractivity contribution is -0.143. The summed E-state index contributed by atoms with van der Waals surface area (Å²) in [6.07, 6.45) is 0. The van der Waals surface area contributed by atoms with E-state index < -0.39 is 22.0 Å². The van der Waals surface area contributed by atoms with E-state index in [1.807, 2.05) is 6.07 Å². The van der Waals surface area contributed by atoms with Gasteiger partial charge in [0.2, 0.25) is 10.0 Å². The van der Waals surface area contributed by atoms with Crippen LogP contribution in [0.1, 0.15) is 19.4 Å². The maximum Gasteiger partial charge on any atom is 0.324 e. The summed E-state index contributed by atoms with van der Waals surface area (Å²) >= 11 is 0. The number of nitrogens with zero attached hydrogens (tertiary/aromatic N) is 1. The minimum absolute atomic E-state index is 0.0207. The highest BCUT2D eigenvalue weighted by molar-refractivity contribution is 7.89. The predicted octanol–water partition coefficient (Wildman–Crippen LogP) is 1.03. The summed E-state index contributed by atoms with van der Waals surface area (Å²) < 4.78 is 31.4. The van der Waals surface area contributed by atoms with Crippen molar-refractivity contribution in [3.05, 3.63) is 29.8 Å². The van der Waals surface area contributed by atoms with Gasteiger partial charge in [-0.3, -0.25) is 4.79 Å². The summed E-state index contributed by atoms with van der Waals surface area (Å²) in [6.45, 7) is 3.39. The van der Waals surface area contributed by atoms with E-state index in [1.54, 1.807) is 19.9 Å². The van der Waals surface area contributed by atoms with E-state index in [2.05, 4.69) is 9.46 Å². The highest BCUT2D eigenvalue weighted by atomic mass is 32.2. The smallest absolute Gasteiger partial charge is 0.324 e. The second-order valence-electron chi connectivity index (χ2n) is 4.47. The third kappa shape index (κ3) is 3.56. The van der Waals surface area contributed by atoms with E-state index in [9.17, 15) is 13.2 Å². The number of hydrogen-bond acceptors (Lipinski definition) is 5. The minimum atomic E-state index is -3.98. The fourth-order valence-corrected chi connectivity index (χ4v) is 3.10. The molecule has 0 aromatic heterocycles. The molecular formula is C13H16N2O4S. The Morgan fingerprint density at radius 2 is 1.95 bits per heavy atom. The number of ether oxygens (including phenoxy) is 1. The van der Waals surface area contributed by atoms with Gasteiger partial charge in [-0.15, -0.1) is 0 Å². The summed E-state index contributed by atoms with van der Waals surface area (Å²) in [4.78, 5) is 11.4. The van der Waals surface area contributed by atoms with Gasteiger partial charge in [0.25, 0.3) is 0 Å². The Morgan fingerprint density at radius 3 is 2.45 bits per heavy atom. The molecule has 0 spiro atoms. The van der Waals surface area contributed by atoms with Crippen LogP contribution in [-0.2, 0) is 19.6 Å². The zero-order chi connectivity index (χ0) is 15.3. The van der Waals surface area contributed by atoms with Gasteiger partial charge in [0.1, 0.15) is 12.1 Å². The highest BCUT2D eigenvalue weighted by Gasteiger charge is 2.30. The van der Waals surface area contributed by atoms with Crippen LogP contribution in [-0.4, -0.2) is 27.5 Å². The molecule has 0 saturated carbocycles. The Bertz CT molecular complexity index is 632. The minimum Gasteiger partial charge on any atom is -0.468 e. The van der Waals surface area contributed by atoms with Crippen LogP contribution < -0.4 is 4.72 Å². The van der Waals surface area contributed by atoms with Crippen LogP contribution >= 0.6 is 0 Å². The molecule has 0 aliphatic carbocycles. The third-order valence-electron chi connectivity index (χ3n) is 2.70. The number of carbonyl (C=O) groups is 1. The van der Waals surface area contributed by atoms with Crippen molar-refractivity contribution in [3.8, 4) is 6.07 Å². The van der Waals surface area contributed by atoms with Crippen molar-refractivity contribution in [2.45, 2.75) is 24.8 Å². The molecule has 0 fully saturated rings. The van der Waals surface area contributed by atoms with Gasteiger partial charge in [-0.1, -0.05) is 26.0 Å². The van der Waals surface area contributed by atoms with Crippen molar-refractivity contribution >= 4 is 16.0 Å². The van der Waals surface area contributed by atoms with E-state index >= 15 is 0 Å². The average Bonchev–Trinajstić information content (AvgIpc) is 2.43. The number of sulfonamides is 1. The Balaban J connectivity index is 3.17. The van der Waals surface area contributed by atoms with Gasteiger partial charge in [0, 0.05) is 0 Å². The lowest BCUT2D eigenvalue weighted by Gasteiger charge is -2.20. The first-order chi connectivity index (χ1) is 9.33. The van der Waals surface area contributed by atoms with Crippen LogP contribution in [0.2, 0.25) is 0 Å². The predicted molar refractivity (Wildman–Crippen MR) is 72.1 cm³/mol. The molecule has 1 rings (SSSR count). The van der Waals surface area contributed by atoms with Crippen LogP contribution in [0.15, 0.2) is 29.2 Å². The summed E-state index contributed by atoms with van der Waals surface area (Å²) in [6, 6.07) is 6.60. The third-order valence-corrected chi connectivity index (χ3v) is 4.20. The normalized spacial score (nSPS) is 12.8. The fraction of sp³-hybridized carbons (Fsp3) is 0.385. The van der Waals surface area contributed by atoms with Crippen molar-refractivity contribution in [3.63, 3.8) is 0 Å². The van der Waals surface area contributed by atoms with Crippen molar-refractivity contribution < 1.29 is 17.9 Å². The lowest BCUT2D eigenvalue weighted by atomic mass is 10.1. The van der Waals surface area contributed by atoms with Crippen LogP contribution in [0.4, 0.5) is 0 Å². The fourth-order valence-electron chi connectivity index (χ4n) is 1.61. The quantitative estimate of drug-likeness (QED) is 0.819. The monoisotopic (exact) mass is 296 g/mol. The van der Waals surface area contributed by atoms with Gasteiger partial charge in [-0.05, 0) is 18.1 Å². The Morgan fingerprint density at radius 1 is 1.35 bits per heavy atom. The van der Waals surface area contributed by atoms with Crippen molar-refractivity contribution in [1.29, 1.82) is 5.26 Å². The van der Waals surface area contributed by atoms with Crippen molar-refractivity contribution in [1.82, 2.24) is 4.72 Å². The molecule has 1 aromatic rings. The molecule has 0 aliphatic rings. The number of benzene rings is 1. The first-order valence-electron chi connectivity index (χ1n) is 5.92. The van der Waals surface area contributed by atoms with E-state index in [-0.39, 0.29) is 16.4 Å². The zero-order valence-corrected chi connectivity index (χ0v) is 12.3. The molecule has 0 unspecified atom stereocenters. The van der Waals surface area contributed by atoms with Gasteiger partial charge in [-0.2, -0.15) is 9.98 Å². The topological polar surface area (TPSA) is 96.3 Å². The number of rotatable bonds is 5. The first-order valence-corrected chi connectivity index (χ1v) is 7.41. The standard InChI is InChI=1S/C13H16N2O4S/c1-9(2)12(13(16)19-3)15-20(17,18)11-7-5-4-6-10(11)8-14/h4-7,9,12,15H,1-3H3/t12-/m0/s1. The first kappa shape index (κ1) is 16.1. The molecule has 1 N–H and O–H groups in total. The van der Waals surface area contributed by atoms with Crippen LogP contribution in [0.3, 0.4) is 0 Å². The molecule has 108 valence electrons. The largest absolute Gasteiger partial charge is 0.468 e. The SMILES string of the molecule is COC(=O)[C@@H](NS(=O)(=O)c1ccccc1C#N)C(C)C. The van der Waals surface area contributed by atoms with Gasteiger partial charge >= 0.3 is 5.97 Å². The summed E-state index contributed by atoms with van der Waals surface area (Å²) in [5, 5.41) is 8.95. The number of nitriles is 1. The van der Waals surface area contributed by atoms with Crippen LogP contribution in [0.25, 0.3) is 0 Å². The van der Waals surface area contributed by atoms with E-state index in [0.29, 0.717) is 0 Å². The summed E-state index contributed by atoms with van der Waals surface area (Å²) in [5.41, 5.74) is 0.0207. The van der Waals surface area contributed by atoms with E-state index in [1.165, 1.54) is 25.3 Å². The second kappa shape index (κ2) is 6.50. The van der Waals surface area contributed by atoms with Gasteiger partial charge in [-0.25, -0.2) is 8.42 Å². The van der Waals surface area contributed by atoms with Crippen LogP contribution in [0.5, 0.6) is 0 Å². The lowest BCUT2D eigenvalue weighted by Crippen LogP contribution is -2.45. The van der Waals surface area contributed by atoms with Gasteiger partial charge < -0.3 is 4.74 Å². The van der Waals surface area contributed by atoms with E-state index in [4.69, 9.17) is 5.26 Å². The maximum atomic E-state index is 12.3. The summed E-state index contributed by atoms with van der Waals surface area (Å²) in [7, 11) is -2.79. The van der Waals surface area contributed by atoms with Crippen LogP contribution in [0, 0.1) is 17.2 Å². The Hall–Kier alpha value is -1.91. The molecule has 0 bridgehead atoms. The number of carbonyl (C=O) groups excluding carboxylic acids is 1. The number of hydrogen-bond donors (Lipinski definition) is 1. The molecule has 1 atom stereocenters. The number of nitrogens with one attached hydrogen (secondary N) is 1. The molecule has 0 radical (unpaired) electrons. The Kier molecular flexibility index (Phi) is 5.25. The van der Waals surface area contributed by atoms with Gasteiger partial charge in [0.05, 0.1) is 17.6 Å². The average molecular weight is 296 g/mol. The Labute approximate surface area is 118 Å². The maximum absolute atomic E-state index is 12.3. The highest BCUT2D eigenvalue weighted by Crippen LogP contribution is 2.16. The second-order valence-corrected chi connectivity index (χ2v) is 6.16. The summed E-state index contributed by atoms with van der Waals surface area (Å²) in [5.74, 6) is -0.954.